The van der Waals surface area contributed by atoms with Gasteiger partial charge in [-0.15, -0.1) is 12.4 Å². The highest BCUT2D eigenvalue weighted by atomic mass is 35.5. The number of rotatable bonds is 14. The lowest BCUT2D eigenvalue weighted by atomic mass is 10.2. The van der Waals surface area contributed by atoms with Gasteiger partial charge < -0.3 is 21.1 Å². The van der Waals surface area contributed by atoms with Crippen LogP contribution >= 0.6 is 12.4 Å². The van der Waals surface area contributed by atoms with E-state index >= 15 is 0 Å². The van der Waals surface area contributed by atoms with Crippen LogP contribution in [0.5, 0.6) is 5.75 Å². The van der Waals surface area contributed by atoms with E-state index in [1.165, 1.54) is 25.7 Å². The molecule has 0 aliphatic carbocycles. The molecule has 0 radical (unpaired) electrons. The number of nitrogen functional groups attached to an aromatic ring is 1. The van der Waals surface area contributed by atoms with Gasteiger partial charge in [-0.05, 0) is 38.1 Å². The number of halogens is 1. The van der Waals surface area contributed by atoms with Gasteiger partial charge in [0.25, 0.3) is 0 Å². The number of hydrogen-bond donors (Lipinski definition) is 4. The molecule has 0 aliphatic heterocycles. The Morgan fingerprint density at radius 2 is 1.75 bits per heavy atom. The molecule has 0 aromatic heterocycles. The second-order valence-electron chi connectivity index (χ2n) is 5.70. The largest absolute Gasteiger partial charge is 0.494 e. The van der Waals surface area contributed by atoms with Crippen LogP contribution in [0.2, 0.25) is 0 Å². The van der Waals surface area contributed by atoms with Gasteiger partial charge >= 0.3 is 0 Å². The molecule has 138 valence electrons. The van der Waals surface area contributed by atoms with Crippen molar-refractivity contribution in [1.29, 1.82) is 5.41 Å². The van der Waals surface area contributed by atoms with Crippen molar-refractivity contribution in [3.63, 3.8) is 0 Å². The highest BCUT2D eigenvalue weighted by Crippen LogP contribution is 2.12. The lowest BCUT2D eigenvalue weighted by Crippen LogP contribution is -2.29. The molecule has 0 spiro atoms. The quantitative estimate of drug-likeness (QED) is 0.234. The smallest absolute Gasteiger partial charge is 0.122 e. The monoisotopic (exact) mass is 356 g/mol. The molecule has 0 aliphatic rings. The Hall–Kier alpha value is -1.30. The van der Waals surface area contributed by atoms with E-state index in [-0.39, 0.29) is 18.2 Å². The first kappa shape index (κ1) is 22.7. The topological polar surface area (TPSA) is 83.2 Å². The zero-order valence-electron chi connectivity index (χ0n) is 14.8. The normalized spacial score (nSPS) is 10.2. The van der Waals surface area contributed by atoms with Gasteiger partial charge in [0, 0.05) is 18.7 Å². The Balaban J connectivity index is 0.00000529. The molecule has 0 amide bonds. The molecule has 5 nitrogen and oxygen atoms in total. The van der Waals surface area contributed by atoms with Crippen LogP contribution in [0.4, 0.5) is 0 Å². The van der Waals surface area contributed by atoms with Crippen LogP contribution in [-0.2, 0) is 0 Å². The predicted octanol–water partition coefficient (Wildman–Crippen LogP) is 2.92. The van der Waals surface area contributed by atoms with Crippen molar-refractivity contribution in [2.24, 2.45) is 5.73 Å². The molecule has 1 aromatic carbocycles. The Kier molecular flexibility index (Phi) is 14.4. The van der Waals surface area contributed by atoms with E-state index < -0.39 is 0 Å². The number of nitrogens with one attached hydrogen (secondary N) is 3. The van der Waals surface area contributed by atoms with Gasteiger partial charge in [-0.1, -0.05) is 38.3 Å². The maximum Gasteiger partial charge on any atom is 0.122 e. The van der Waals surface area contributed by atoms with E-state index in [4.69, 9.17) is 15.9 Å². The second kappa shape index (κ2) is 15.2. The van der Waals surface area contributed by atoms with Crippen LogP contribution in [0.3, 0.4) is 0 Å². The number of amidine groups is 1. The lowest BCUT2D eigenvalue weighted by molar-refractivity contribution is 0.308. The molecular formula is C18H33ClN4O. The molecule has 0 bridgehead atoms. The first-order valence-corrected chi connectivity index (χ1v) is 8.72. The van der Waals surface area contributed by atoms with E-state index in [1.54, 1.807) is 6.07 Å². The molecule has 5 N–H and O–H groups in total. The fourth-order valence-electron chi connectivity index (χ4n) is 2.24. The minimum absolute atomic E-state index is 0. The first-order valence-electron chi connectivity index (χ1n) is 8.72. The molecule has 0 unspecified atom stereocenters. The zero-order valence-corrected chi connectivity index (χ0v) is 15.6. The molecule has 0 saturated carbocycles. The molecule has 0 atom stereocenters. The zero-order chi connectivity index (χ0) is 16.8. The summed E-state index contributed by atoms with van der Waals surface area (Å²) in [6.07, 6.45) is 6.21. The molecule has 1 aromatic rings. The number of benzene rings is 1. The molecule has 0 heterocycles. The van der Waals surface area contributed by atoms with Crippen LogP contribution in [0.1, 0.15) is 44.6 Å². The van der Waals surface area contributed by atoms with E-state index in [9.17, 15) is 0 Å². The fraction of sp³-hybridized carbons (Fsp3) is 0.611. The summed E-state index contributed by atoms with van der Waals surface area (Å²) in [5.41, 5.74) is 6.16. The van der Waals surface area contributed by atoms with E-state index in [0.29, 0.717) is 12.2 Å². The minimum Gasteiger partial charge on any atom is -0.494 e. The van der Waals surface area contributed by atoms with Crippen molar-refractivity contribution in [2.75, 3.05) is 32.8 Å². The van der Waals surface area contributed by atoms with Gasteiger partial charge in [-0.3, -0.25) is 5.41 Å². The van der Waals surface area contributed by atoms with Crippen molar-refractivity contribution >= 4 is 18.2 Å². The van der Waals surface area contributed by atoms with Gasteiger partial charge in [0.05, 0.1) is 6.61 Å². The summed E-state index contributed by atoms with van der Waals surface area (Å²) in [5.74, 6) is 0.839. The predicted molar refractivity (Wildman–Crippen MR) is 105 cm³/mol. The summed E-state index contributed by atoms with van der Waals surface area (Å²) < 4.78 is 5.67. The van der Waals surface area contributed by atoms with Crippen LogP contribution < -0.4 is 21.1 Å². The summed E-state index contributed by atoms with van der Waals surface area (Å²) in [6, 6.07) is 7.36. The van der Waals surface area contributed by atoms with Gasteiger partial charge in [-0.25, -0.2) is 0 Å². The second-order valence-corrected chi connectivity index (χ2v) is 5.70. The van der Waals surface area contributed by atoms with Gasteiger partial charge in [0.2, 0.25) is 0 Å². The number of ether oxygens (including phenoxy) is 1. The standard InChI is InChI=1S/C18H32N4O.ClH/c1-2-3-4-5-10-21-12-13-22-11-7-14-23-17-9-6-8-16(15-17)18(19)20;/h6,8-9,15,21-22H,2-5,7,10-14H2,1H3,(H3,19,20);1H. The van der Waals surface area contributed by atoms with Crippen LogP contribution in [0, 0.1) is 5.41 Å². The number of hydrogen-bond acceptors (Lipinski definition) is 4. The summed E-state index contributed by atoms with van der Waals surface area (Å²) in [7, 11) is 0. The molecule has 0 saturated heterocycles. The Bertz CT molecular complexity index is 443. The fourth-order valence-corrected chi connectivity index (χ4v) is 2.24. The van der Waals surface area contributed by atoms with Gasteiger partial charge in [0.1, 0.15) is 11.6 Å². The minimum atomic E-state index is 0. The Morgan fingerprint density at radius 1 is 1.04 bits per heavy atom. The molecule has 0 fully saturated rings. The SMILES string of the molecule is CCCCCCNCCNCCCOc1cccc(C(=N)N)c1.Cl. The van der Waals surface area contributed by atoms with Crippen LogP contribution in [0.25, 0.3) is 0 Å². The molecule has 24 heavy (non-hydrogen) atoms. The third kappa shape index (κ3) is 11.3. The summed E-state index contributed by atoms with van der Waals surface area (Å²) in [5, 5.41) is 14.3. The molecular weight excluding hydrogens is 324 g/mol. The highest BCUT2D eigenvalue weighted by Gasteiger charge is 1.99. The summed E-state index contributed by atoms with van der Waals surface area (Å²) in [4.78, 5) is 0. The maximum atomic E-state index is 7.41. The third-order valence-corrected chi connectivity index (χ3v) is 3.60. The van der Waals surface area contributed by atoms with Crippen molar-refractivity contribution in [1.82, 2.24) is 10.6 Å². The molecule has 6 heteroatoms. The maximum absolute atomic E-state index is 7.41. The van der Waals surface area contributed by atoms with Crippen LogP contribution in [0.15, 0.2) is 24.3 Å². The number of nitrogens with two attached hydrogens (primary N) is 1. The first-order chi connectivity index (χ1) is 11.2. The van der Waals surface area contributed by atoms with Crippen molar-refractivity contribution in [2.45, 2.75) is 39.0 Å². The van der Waals surface area contributed by atoms with E-state index in [0.717, 1.165) is 38.3 Å². The third-order valence-electron chi connectivity index (χ3n) is 3.60. The van der Waals surface area contributed by atoms with E-state index in [1.807, 2.05) is 18.2 Å². The Labute approximate surface area is 152 Å². The average Bonchev–Trinajstić information content (AvgIpc) is 2.56. The van der Waals surface area contributed by atoms with Crippen LogP contribution in [-0.4, -0.2) is 38.6 Å². The molecule has 1 rings (SSSR count). The Morgan fingerprint density at radius 3 is 2.42 bits per heavy atom. The lowest BCUT2D eigenvalue weighted by Gasteiger charge is -2.09. The number of unbranched alkanes of at least 4 members (excludes halogenated alkanes) is 3. The van der Waals surface area contributed by atoms with E-state index in [2.05, 4.69) is 17.6 Å². The van der Waals surface area contributed by atoms with Crippen molar-refractivity contribution < 1.29 is 4.74 Å². The summed E-state index contributed by atoms with van der Waals surface area (Å²) in [6.45, 7) is 6.99. The summed E-state index contributed by atoms with van der Waals surface area (Å²) >= 11 is 0. The average molecular weight is 357 g/mol. The highest BCUT2D eigenvalue weighted by molar-refractivity contribution is 5.95. The van der Waals surface area contributed by atoms with Crippen molar-refractivity contribution in [3.05, 3.63) is 29.8 Å². The van der Waals surface area contributed by atoms with Gasteiger partial charge in [-0.2, -0.15) is 0 Å². The van der Waals surface area contributed by atoms with Crippen molar-refractivity contribution in [3.8, 4) is 5.75 Å². The van der Waals surface area contributed by atoms with Gasteiger partial charge in [0.15, 0.2) is 0 Å².